The van der Waals surface area contributed by atoms with E-state index in [0.717, 1.165) is 15.2 Å². The summed E-state index contributed by atoms with van der Waals surface area (Å²) >= 11 is 1.52. The maximum Gasteiger partial charge on any atom is 0.401 e. The number of halogens is 1. The van der Waals surface area contributed by atoms with E-state index in [0.29, 0.717) is 0 Å². The van der Waals surface area contributed by atoms with Gasteiger partial charge in [-0.3, -0.25) is 0 Å². The van der Waals surface area contributed by atoms with E-state index in [-0.39, 0.29) is 11.2 Å². The van der Waals surface area contributed by atoms with Crippen LogP contribution in [0.25, 0.3) is 10.2 Å². The van der Waals surface area contributed by atoms with Crippen molar-refractivity contribution in [1.82, 2.24) is 4.98 Å². The van der Waals surface area contributed by atoms with Crippen LogP contribution in [-0.4, -0.2) is 13.4 Å². The molecule has 18 heavy (non-hydrogen) atoms. The predicted molar refractivity (Wildman–Crippen MR) is 73.7 cm³/mol. The molecule has 2 rings (SSSR count). The van der Waals surface area contributed by atoms with Gasteiger partial charge in [0.15, 0.2) is 0 Å². The monoisotopic (exact) mass is 305 g/mol. The molecule has 0 radical (unpaired) electrons. The summed E-state index contributed by atoms with van der Waals surface area (Å²) in [5.41, 5.74) is 0.785. The van der Waals surface area contributed by atoms with Gasteiger partial charge in [-0.15, -0.1) is 11.3 Å². The second-order valence-electron chi connectivity index (χ2n) is 4.87. The summed E-state index contributed by atoms with van der Waals surface area (Å²) < 4.78 is 27.2. The number of benzene rings is 1. The quantitative estimate of drug-likeness (QED) is 0.797. The number of thiazole rings is 1. The van der Waals surface area contributed by atoms with E-state index in [4.69, 9.17) is 10.7 Å². The molecular weight excluding hydrogens is 294 g/mol. The fourth-order valence-corrected chi connectivity index (χ4v) is 3.00. The molecule has 2 aromatic rings. The van der Waals surface area contributed by atoms with Crippen molar-refractivity contribution < 1.29 is 12.6 Å². The van der Waals surface area contributed by atoms with Crippen molar-refractivity contribution in [2.24, 2.45) is 0 Å². The number of aromatic nitrogens is 1. The van der Waals surface area contributed by atoms with E-state index >= 15 is 0 Å². The molecule has 1 heterocycles. The summed E-state index contributed by atoms with van der Waals surface area (Å²) in [6.07, 6.45) is 0. The van der Waals surface area contributed by atoms with Crippen molar-refractivity contribution in [3.05, 3.63) is 23.2 Å². The predicted octanol–water partition coefficient (Wildman–Crippen LogP) is 3.46. The largest absolute Gasteiger partial charge is 0.401 e. The first-order chi connectivity index (χ1) is 8.15. The highest BCUT2D eigenvalue weighted by Gasteiger charge is 2.19. The summed E-state index contributed by atoms with van der Waals surface area (Å²) in [5, 5.41) is 0.989. The summed E-state index contributed by atoms with van der Waals surface area (Å²) in [7, 11) is 1.02. The summed E-state index contributed by atoms with van der Waals surface area (Å²) in [4.78, 5) is 4.50. The zero-order valence-corrected chi connectivity index (χ0v) is 12.5. The van der Waals surface area contributed by atoms with Crippen LogP contribution in [0, 0.1) is 0 Å². The van der Waals surface area contributed by atoms with Crippen LogP contribution >= 0.6 is 22.0 Å². The molecule has 0 atom stereocenters. The van der Waals surface area contributed by atoms with E-state index in [9.17, 15) is 8.42 Å². The molecule has 0 aliphatic rings. The lowest BCUT2D eigenvalue weighted by atomic mass is 9.98. The second-order valence-corrected chi connectivity index (χ2v) is 7.99. The van der Waals surface area contributed by atoms with E-state index in [1.165, 1.54) is 17.4 Å². The van der Waals surface area contributed by atoms with Crippen molar-refractivity contribution in [2.45, 2.75) is 26.2 Å². The van der Waals surface area contributed by atoms with Gasteiger partial charge < -0.3 is 4.18 Å². The third-order valence-electron chi connectivity index (χ3n) is 2.20. The van der Waals surface area contributed by atoms with Gasteiger partial charge >= 0.3 is 9.33 Å². The Morgan fingerprint density at radius 1 is 1.33 bits per heavy atom. The normalized spacial score (nSPS) is 12.9. The zero-order chi connectivity index (χ0) is 13.6. The Morgan fingerprint density at radius 2 is 2.00 bits per heavy atom. The van der Waals surface area contributed by atoms with Crippen LogP contribution in [0.15, 0.2) is 18.2 Å². The lowest BCUT2D eigenvalue weighted by molar-refractivity contribution is 0.504. The maximum absolute atomic E-state index is 10.8. The van der Waals surface area contributed by atoms with Crippen molar-refractivity contribution in [1.29, 1.82) is 0 Å². The molecule has 0 fully saturated rings. The Balaban J connectivity index is 2.46. The fraction of sp³-hybridized carbons (Fsp3) is 0.364. The minimum atomic E-state index is -4.01. The number of hydrogen-bond acceptors (Lipinski definition) is 5. The van der Waals surface area contributed by atoms with Crippen LogP contribution in [0.1, 0.15) is 25.8 Å². The van der Waals surface area contributed by atoms with Crippen molar-refractivity contribution in [3.63, 3.8) is 0 Å². The summed E-state index contributed by atoms with van der Waals surface area (Å²) in [6.45, 7) is 6.22. The van der Waals surface area contributed by atoms with Crippen molar-refractivity contribution in [2.75, 3.05) is 0 Å². The van der Waals surface area contributed by atoms with Gasteiger partial charge in [0.2, 0.25) is 0 Å². The summed E-state index contributed by atoms with van der Waals surface area (Å²) in [6, 6.07) is 4.88. The number of nitrogens with zero attached hydrogens (tertiary/aromatic N) is 1. The van der Waals surface area contributed by atoms with Gasteiger partial charge in [0.1, 0.15) is 5.75 Å². The highest BCUT2D eigenvalue weighted by molar-refractivity contribution is 8.10. The number of hydrogen-bond donors (Lipinski definition) is 0. The standard InChI is InChI=1S/C11H12ClNO3S2/c1-11(2,3)10-13-8-5-4-7(6-9(8)17-10)16-18(12,14)15/h4-6H,1-3H3. The van der Waals surface area contributed by atoms with Gasteiger partial charge in [-0.25, -0.2) is 4.98 Å². The van der Waals surface area contributed by atoms with E-state index in [2.05, 4.69) is 29.9 Å². The fourth-order valence-electron chi connectivity index (χ4n) is 1.39. The third-order valence-corrected chi connectivity index (χ3v) is 4.22. The first kappa shape index (κ1) is 13.6. The minimum absolute atomic E-state index is 0.0384. The molecule has 0 saturated heterocycles. The third kappa shape index (κ3) is 3.13. The van der Waals surface area contributed by atoms with E-state index in [1.54, 1.807) is 12.1 Å². The SMILES string of the molecule is CC(C)(C)c1nc2ccc(OS(=O)(=O)Cl)cc2s1. The Labute approximate surface area is 114 Å². The van der Waals surface area contributed by atoms with Gasteiger partial charge in [0.05, 0.1) is 25.9 Å². The Morgan fingerprint density at radius 3 is 2.56 bits per heavy atom. The molecule has 0 spiro atoms. The average molecular weight is 306 g/mol. The smallest absolute Gasteiger partial charge is 0.371 e. The molecule has 1 aromatic heterocycles. The van der Waals surface area contributed by atoms with Crippen LogP contribution in [0.2, 0.25) is 0 Å². The highest BCUT2D eigenvalue weighted by atomic mass is 35.7. The topological polar surface area (TPSA) is 56.3 Å². The first-order valence-electron chi connectivity index (χ1n) is 5.20. The van der Waals surface area contributed by atoms with Crippen LogP contribution in [0.5, 0.6) is 5.75 Å². The van der Waals surface area contributed by atoms with Gasteiger partial charge in [-0.1, -0.05) is 20.8 Å². The van der Waals surface area contributed by atoms with Crippen LogP contribution in [0.4, 0.5) is 0 Å². The lowest BCUT2D eigenvalue weighted by Gasteiger charge is -2.13. The molecule has 7 heteroatoms. The molecule has 1 aromatic carbocycles. The van der Waals surface area contributed by atoms with Crippen LogP contribution < -0.4 is 4.18 Å². The van der Waals surface area contributed by atoms with E-state index < -0.39 is 9.33 Å². The van der Waals surface area contributed by atoms with Gasteiger partial charge in [0, 0.05) is 11.5 Å². The molecule has 98 valence electrons. The Bertz CT molecular complexity index is 686. The molecule has 0 aliphatic carbocycles. The summed E-state index contributed by atoms with van der Waals surface area (Å²) in [5.74, 6) is 0.196. The van der Waals surface area contributed by atoms with Gasteiger partial charge in [-0.05, 0) is 12.1 Å². The number of rotatable bonds is 2. The van der Waals surface area contributed by atoms with Crippen LogP contribution in [-0.2, 0) is 14.7 Å². The second kappa shape index (κ2) is 4.36. The molecule has 0 aliphatic heterocycles. The van der Waals surface area contributed by atoms with Crippen LogP contribution in [0.3, 0.4) is 0 Å². The van der Waals surface area contributed by atoms with Crippen molar-refractivity contribution >= 4 is 41.6 Å². The Hall–Kier alpha value is -0.850. The molecule has 0 unspecified atom stereocenters. The van der Waals surface area contributed by atoms with Gasteiger partial charge in [0.25, 0.3) is 0 Å². The molecule has 0 amide bonds. The number of fused-ring (bicyclic) bond motifs is 1. The zero-order valence-electron chi connectivity index (χ0n) is 10.1. The molecule has 0 bridgehead atoms. The Kier molecular flexibility index (Phi) is 3.29. The molecule has 0 saturated carbocycles. The molecule has 0 N–H and O–H groups in total. The average Bonchev–Trinajstić information content (AvgIpc) is 2.57. The lowest BCUT2D eigenvalue weighted by Crippen LogP contribution is -2.09. The molecule has 4 nitrogen and oxygen atoms in total. The minimum Gasteiger partial charge on any atom is -0.371 e. The first-order valence-corrected chi connectivity index (χ1v) is 8.25. The van der Waals surface area contributed by atoms with Crippen molar-refractivity contribution in [3.8, 4) is 5.75 Å². The maximum atomic E-state index is 10.8. The van der Waals surface area contributed by atoms with Gasteiger partial charge in [-0.2, -0.15) is 8.42 Å². The molecular formula is C11H12ClNO3S2. The van der Waals surface area contributed by atoms with E-state index in [1.807, 2.05) is 0 Å². The highest BCUT2D eigenvalue weighted by Crippen LogP contribution is 2.33.